The zero-order valence-corrected chi connectivity index (χ0v) is 10.8. The van der Waals surface area contributed by atoms with Crippen molar-refractivity contribution in [2.75, 3.05) is 26.2 Å². The molecule has 102 valence electrons. The predicted molar refractivity (Wildman–Crippen MR) is 66.6 cm³/mol. The minimum absolute atomic E-state index is 0.738. The molecule has 7 heteroatoms. The van der Waals surface area contributed by atoms with Crippen LogP contribution in [-0.4, -0.2) is 35.5 Å². The van der Waals surface area contributed by atoms with Crippen molar-refractivity contribution in [1.29, 1.82) is 0 Å². The van der Waals surface area contributed by atoms with Crippen LogP contribution in [0, 0.1) is 0 Å². The van der Waals surface area contributed by atoms with Crippen LogP contribution in [0.5, 0.6) is 0 Å². The maximum absolute atomic E-state index is 12.4. The molecule has 0 fully saturated rings. The van der Waals surface area contributed by atoms with E-state index in [2.05, 4.69) is 14.6 Å². The van der Waals surface area contributed by atoms with Crippen LogP contribution in [0.3, 0.4) is 0 Å². The van der Waals surface area contributed by atoms with E-state index in [1.807, 2.05) is 0 Å². The standard InChI is InChI=1S/C12H12F3N3S/c13-12(14,15)11-2-1-10(5-17-11)19-18-6-8-3-16-4-9(8)7-18/h1-2,5,16H,3-4,6-7H2. The summed E-state index contributed by atoms with van der Waals surface area (Å²) in [5, 5.41) is 3.29. The Kier molecular flexibility index (Phi) is 3.28. The summed E-state index contributed by atoms with van der Waals surface area (Å²) < 4.78 is 39.3. The number of hydrogen-bond donors (Lipinski definition) is 1. The molecular weight excluding hydrogens is 275 g/mol. The third-order valence-electron chi connectivity index (χ3n) is 3.17. The number of halogens is 3. The Balaban J connectivity index is 1.62. The van der Waals surface area contributed by atoms with E-state index in [0.29, 0.717) is 0 Å². The van der Waals surface area contributed by atoms with E-state index >= 15 is 0 Å². The fourth-order valence-corrected chi connectivity index (χ4v) is 3.21. The molecule has 0 saturated heterocycles. The molecule has 3 heterocycles. The van der Waals surface area contributed by atoms with E-state index in [-0.39, 0.29) is 0 Å². The zero-order valence-electron chi connectivity index (χ0n) is 10.00. The molecule has 0 spiro atoms. The fraction of sp³-hybridized carbons (Fsp3) is 0.417. The van der Waals surface area contributed by atoms with Crippen LogP contribution < -0.4 is 5.32 Å². The first-order chi connectivity index (χ1) is 9.02. The van der Waals surface area contributed by atoms with E-state index in [1.54, 1.807) is 0 Å². The minimum atomic E-state index is -4.37. The Hall–Kier alpha value is -1.05. The van der Waals surface area contributed by atoms with Gasteiger partial charge in [-0.2, -0.15) is 13.2 Å². The molecule has 0 atom stereocenters. The summed E-state index contributed by atoms with van der Waals surface area (Å²) in [6.07, 6.45) is -3.08. The Morgan fingerprint density at radius 1 is 1.16 bits per heavy atom. The van der Waals surface area contributed by atoms with Gasteiger partial charge in [0.2, 0.25) is 0 Å². The quantitative estimate of drug-likeness (QED) is 0.667. The van der Waals surface area contributed by atoms with Crippen LogP contribution in [0.4, 0.5) is 13.2 Å². The normalized spacial score (nSPS) is 20.2. The lowest BCUT2D eigenvalue weighted by Crippen LogP contribution is -2.21. The van der Waals surface area contributed by atoms with Crippen LogP contribution in [0.2, 0.25) is 0 Å². The highest BCUT2D eigenvalue weighted by Gasteiger charge is 2.32. The van der Waals surface area contributed by atoms with Gasteiger partial charge < -0.3 is 5.32 Å². The van der Waals surface area contributed by atoms with Crippen molar-refractivity contribution in [3.8, 4) is 0 Å². The van der Waals surface area contributed by atoms with E-state index in [9.17, 15) is 13.2 Å². The van der Waals surface area contributed by atoms with Crippen molar-refractivity contribution in [3.63, 3.8) is 0 Å². The second-order valence-electron chi connectivity index (χ2n) is 4.58. The molecule has 0 bridgehead atoms. The van der Waals surface area contributed by atoms with Gasteiger partial charge in [-0.05, 0) is 35.2 Å². The molecule has 3 rings (SSSR count). The van der Waals surface area contributed by atoms with Gasteiger partial charge in [0.1, 0.15) is 5.69 Å². The minimum Gasteiger partial charge on any atom is -0.309 e. The van der Waals surface area contributed by atoms with E-state index in [1.165, 1.54) is 35.4 Å². The van der Waals surface area contributed by atoms with Gasteiger partial charge in [-0.15, -0.1) is 0 Å². The van der Waals surface area contributed by atoms with Gasteiger partial charge in [-0.25, -0.2) is 4.31 Å². The highest BCUT2D eigenvalue weighted by Crippen LogP contribution is 2.32. The summed E-state index contributed by atoms with van der Waals surface area (Å²) in [5.74, 6) is 0. The Bertz CT molecular complexity index is 494. The van der Waals surface area contributed by atoms with Gasteiger partial charge in [0.15, 0.2) is 0 Å². The SMILES string of the molecule is FC(F)(F)c1ccc(SN2CC3=C(CNC3)C2)cn1. The van der Waals surface area contributed by atoms with E-state index < -0.39 is 11.9 Å². The summed E-state index contributed by atoms with van der Waals surface area (Å²) in [4.78, 5) is 4.20. The van der Waals surface area contributed by atoms with E-state index in [0.717, 1.165) is 37.1 Å². The average Bonchev–Trinajstić information content (AvgIpc) is 2.89. The van der Waals surface area contributed by atoms with Gasteiger partial charge in [-0.1, -0.05) is 0 Å². The van der Waals surface area contributed by atoms with Crippen molar-refractivity contribution < 1.29 is 13.2 Å². The smallest absolute Gasteiger partial charge is 0.309 e. The van der Waals surface area contributed by atoms with Crippen LogP contribution in [0.1, 0.15) is 5.69 Å². The monoisotopic (exact) mass is 287 g/mol. The molecule has 3 nitrogen and oxygen atoms in total. The summed E-state index contributed by atoms with van der Waals surface area (Å²) in [6, 6.07) is 2.50. The lowest BCUT2D eigenvalue weighted by Gasteiger charge is -2.16. The second kappa shape index (κ2) is 4.81. The first-order valence-corrected chi connectivity index (χ1v) is 6.66. The van der Waals surface area contributed by atoms with Gasteiger partial charge in [0, 0.05) is 37.3 Å². The topological polar surface area (TPSA) is 28.2 Å². The number of aromatic nitrogens is 1. The fourth-order valence-electron chi connectivity index (χ4n) is 2.25. The van der Waals surface area contributed by atoms with Gasteiger partial charge >= 0.3 is 6.18 Å². The molecule has 0 radical (unpaired) electrons. The van der Waals surface area contributed by atoms with E-state index in [4.69, 9.17) is 0 Å². The first kappa shape index (κ1) is 13.0. The molecule has 0 amide bonds. The number of pyridine rings is 1. The molecule has 0 aromatic carbocycles. The summed E-state index contributed by atoms with van der Waals surface area (Å²) >= 11 is 1.46. The molecule has 0 saturated carbocycles. The molecule has 19 heavy (non-hydrogen) atoms. The average molecular weight is 287 g/mol. The van der Waals surface area contributed by atoms with Gasteiger partial charge in [0.25, 0.3) is 0 Å². The van der Waals surface area contributed by atoms with Crippen molar-refractivity contribution in [2.24, 2.45) is 0 Å². The highest BCUT2D eigenvalue weighted by atomic mass is 32.2. The molecule has 2 aliphatic heterocycles. The van der Waals surface area contributed by atoms with Crippen molar-refractivity contribution >= 4 is 11.9 Å². The second-order valence-corrected chi connectivity index (χ2v) is 5.75. The number of nitrogens with one attached hydrogen (secondary N) is 1. The Morgan fingerprint density at radius 3 is 2.37 bits per heavy atom. The maximum atomic E-state index is 12.4. The Labute approximate surface area is 113 Å². The number of nitrogens with zero attached hydrogens (tertiary/aromatic N) is 2. The van der Waals surface area contributed by atoms with Crippen molar-refractivity contribution in [2.45, 2.75) is 11.1 Å². The third-order valence-corrected chi connectivity index (χ3v) is 4.14. The lowest BCUT2D eigenvalue weighted by molar-refractivity contribution is -0.141. The molecule has 0 aliphatic carbocycles. The number of hydrogen-bond acceptors (Lipinski definition) is 4. The Morgan fingerprint density at radius 2 is 1.84 bits per heavy atom. The highest BCUT2D eigenvalue weighted by molar-refractivity contribution is 7.97. The molecule has 2 aliphatic rings. The molecule has 1 aromatic heterocycles. The van der Waals surface area contributed by atoms with Crippen molar-refractivity contribution in [3.05, 3.63) is 35.2 Å². The molecule has 0 unspecified atom stereocenters. The summed E-state index contributed by atoms with van der Waals surface area (Å²) in [6.45, 7) is 3.59. The molecule has 1 aromatic rings. The predicted octanol–water partition coefficient (Wildman–Crippen LogP) is 2.32. The zero-order chi connectivity index (χ0) is 13.5. The van der Waals surface area contributed by atoms with Crippen LogP contribution in [-0.2, 0) is 6.18 Å². The summed E-state index contributed by atoms with van der Waals surface area (Å²) in [5.41, 5.74) is 1.97. The largest absolute Gasteiger partial charge is 0.433 e. The maximum Gasteiger partial charge on any atom is 0.433 e. The molecular formula is C12H12F3N3S. The van der Waals surface area contributed by atoms with Crippen LogP contribution in [0.25, 0.3) is 0 Å². The van der Waals surface area contributed by atoms with Gasteiger partial charge in [-0.3, -0.25) is 4.98 Å². The van der Waals surface area contributed by atoms with Crippen LogP contribution >= 0.6 is 11.9 Å². The number of rotatable bonds is 2. The summed E-state index contributed by atoms with van der Waals surface area (Å²) in [7, 11) is 0. The van der Waals surface area contributed by atoms with Crippen LogP contribution in [0.15, 0.2) is 34.4 Å². The van der Waals surface area contributed by atoms with Gasteiger partial charge in [0.05, 0.1) is 0 Å². The third kappa shape index (κ3) is 2.77. The van der Waals surface area contributed by atoms with Crippen molar-refractivity contribution in [1.82, 2.24) is 14.6 Å². The molecule has 1 N–H and O–H groups in total. The first-order valence-electron chi connectivity index (χ1n) is 5.89. The number of alkyl halides is 3. The lowest BCUT2D eigenvalue weighted by atomic mass is 10.2.